The molecule has 0 saturated carbocycles. The summed E-state index contributed by atoms with van der Waals surface area (Å²) in [5, 5.41) is 3.59. The van der Waals surface area contributed by atoms with E-state index in [2.05, 4.69) is 5.32 Å². The van der Waals surface area contributed by atoms with Crippen molar-refractivity contribution in [2.24, 2.45) is 5.92 Å². The van der Waals surface area contributed by atoms with Crippen molar-refractivity contribution < 1.29 is 28.6 Å². The Morgan fingerprint density at radius 3 is 2.52 bits per heavy atom. The molecule has 1 aliphatic carbocycles. The first-order valence-electron chi connectivity index (χ1n) is 13.5. The van der Waals surface area contributed by atoms with Crippen LogP contribution in [-0.2, 0) is 19.1 Å². The van der Waals surface area contributed by atoms with Crippen LogP contribution in [0.5, 0.6) is 11.5 Å². The standard InChI is InChI=1S/C32H36N2O6/c1-6-10-26(31(37)40-32(2,3)4)34-30(36)25-16-23(15-21(25)19-35)39-29-18-27(20-11-8-7-9-12-20)33-28-17-22(38-5)13-14-24(28)29/h7-9,11-15,17-19,23,25-26H,6,10,16H2,1-5H3,(H,34,36)/t23?,25?,26-/m0/s1. The quantitative estimate of drug-likeness (QED) is 0.268. The fourth-order valence-corrected chi connectivity index (χ4v) is 4.73. The molecule has 3 atom stereocenters. The lowest BCUT2D eigenvalue weighted by molar-refractivity contribution is -0.159. The Kier molecular flexibility index (Phi) is 8.87. The molecular formula is C32H36N2O6. The Morgan fingerprint density at radius 1 is 1.12 bits per heavy atom. The first kappa shape index (κ1) is 28.8. The molecule has 0 spiro atoms. The Hall–Kier alpha value is -4.20. The molecule has 0 fully saturated rings. The number of hydrogen-bond donors (Lipinski definition) is 1. The second-order valence-corrected chi connectivity index (χ2v) is 10.9. The van der Waals surface area contributed by atoms with Gasteiger partial charge in [-0.3, -0.25) is 9.59 Å². The second kappa shape index (κ2) is 12.3. The number of methoxy groups -OCH3 is 1. The molecule has 0 aliphatic heterocycles. The molecule has 0 saturated heterocycles. The van der Waals surface area contributed by atoms with E-state index < -0.39 is 35.5 Å². The lowest BCUT2D eigenvalue weighted by atomic mass is 10.00. The number of aldehydes is 1. The van der Waals surface area contributed by atoms with Gasteiger partial charge in [0.1, 0.15) is 35.5 Å². The van der Waals surface area contributed by atoms with Gasteiger partial charge in [-0.1, -0.05) is 43.7 Å². The van der Waals surface area contributed by atoms with E-state index in [4.69, 9.17) is 19.2 Å². The number of rotatable bonds is 10. The number of carbonyl (C=O) groups is 3. The van der Waals surface area contributed by atoms with Crippen molar-refractivity contribution in [1.29, 1.82) is 0 Å². The fourth-order valence-electron chi connectivity index (χ4n) is 4.73. The monoisotopic (exact) mass is 544 g/mol. The summed E-state index contributed by atoms with van der Waals surface area (Å²) >= 11 is 0. The van der Waals surface area contributed by atoms with Crippen LogP contribution in [0.2, 0.25) is 0 Å². The third-order valence-electron chi connectivity index (χ3n) is 6.61. The van der Waals surface area contributed by atoms with Gasteiger partial charge in [-0.15, -0.1) is 0 Å². The highest BCUT2D eigenvalue weighted by molar-refractivity contribution is 5.94. The van der Waals surface area contributed by atoms with Gasteiger partial charge in [0, 0.05) is 35.1 Å². The summed E-state index contributed by atoms with van der Waals surface area (Å²) in [4.78, 5) is 42.8. The molecule has 8 nitrogen and oxygen atoms in total. The number of nitrogens with one attached hydrogen (secondary N) is 1. The SMILES string of the molecule is CCC[C@H](NC(=O)C1CC(Oc2cc(-c3ccccc3)nc3cc(OC)ccc23)C=C1C=O)C(=O)OC(C)(C)C. The lowest BCUT2D eigenvalue weighted by Gasteiger charge is -2.25. The third-order valence-corrected chi connectivity index (χ3v) is 6.61. The number of fused-ring (bicyclic) bond motifs is 1. The van der Waals surface area contributed by atoms with Crippen LogP contribution in [0.4, 0.5) is 0 Å². The summed E-state index contributed by atoms with van der Waals surface area (Å²) in [5.41, 5.74) is 1.99. The number of benzene rings is 2. The van der Waals surface area contributed by atoms with Crippen LogP contribution in [0, 0.1) is 5.92 Å². The van der Waals surface area contributed by atoms with Gasteiger partial charge >= 0.3 is 5.97 Å². The van der Waals surface area contributed by atoms with Crippen LogP contribution in [0.3, 0.4) is 0 Å². The summed E-state index contributed by atoms with van der Waals surface area (Å²) < 4.78 is 17.3. The third kappa shape index (κ3) is 6.86. The van der Waals surface area contributed by atoms with Gasteiger partial charge in [-0.05, 0) is 45.4 Å². The molecule has 1 aromatic heterocycles. The summed E-state index contributed by atoms with van der Waals surface area (Å²) in [6.45, 7) is 7.27. The van der Waals surface area contributed by atoms with Crippen molar-refractivity contribution >= 4 is 29.1 Å². The predicted molar refractivity (Wildman–Crippen MR) is 153 cm³/mol. The van der Waals surface area contributed by atoms with E-state index in [9.17, 15) is 14.4 Å². The molecule has 1 heterocycles. The maximum Gasteiger partial charge on any atom is 0.329 e. The minimum atomic E-state index is -0.794. The van der Waals surface area contributed by atoms with Crippen LogP contribution < -0.4 is 14.8 Å². The molecule has 1 amide bonds. The molecule has 2 aromatic carbocycles. The van der Waals surface area contributed by atoms with E-state index in [1.54, 1.807) is 34.0 Å². The Morgan fingerprint density at radius 2 is 1.88 bits per heavy atom. The van der Waals surface area contributed by atoms with Crippen molar-refractivity contribution in [3.05, 3.63) is 66.2 Å². The van der Waals surface area contributed by atoms with E-state index in [0.717, 1.165) is 16.6 Å². The van der Waals surface area contributed by atoms with E-state index in [1.165, 1.54) is 0 Å². The topological polar surface area (TPSA) is 104 Å². The van der Waals surface area contributed by atoms with Crippen molar-refractivity contribution in [2.45, 2.75) is 64.7 Å². The largest absolute Gasteiger partial charge is 0.497 e. The number of ether oxygens (including phenoxy) is 3. The number of amides is 1. The molecule has 1 aliphatic rings. The van der Waals surface area contributed by atoms with Crippen molar-refractivity contribution in [2.75, 3.05) is 7.11 Å². The number of hydrogen-bond acceptors (Lipinski definition) is 7. The van der Waals surface area contributed by atoms with E-state index in [0.29, 0.717) is 41.7 Å². The number of esters is 1. The zero-order chi connectivity index (χ0) is 28.9. The molecule has 2 unspecified atom stereocenters. The summed E-state index contributed by atoms with van der Waals surface area (Å²) in [5.74, 6) is -0.383. The van der Waals surface area contributed by atoms with Crippen LogP contribution >= 0.6 is 0 Å². The van der Waals surface area contributed by atoms with Gasteiger partial charge in [-0.2, -0.15) is 0 Å². The van der Waals surface area contributed by atoms with Crippen LogP contribution in [0.15, 0.2) is 66.2 Å². The van der Waals surface area contributed by atoms with E-state index >= 15 is 0 Å². The lowest BCUT2D eigenvalue weighted by Crippen LogP contribution is -2.46. The summed E-state index contributed by atoms with van der Waals surface area (Å²) in [6.07, 6.45) is 3.20. The van der Waals surface area contributed by atoms with Gasteiger partial charge in [-0.25, -0.2) is 9.78 Å². The minimum Gasteiger partial charge on any atom is -0.497 e. The number of aromatic nitrogens is 1. The van der Waals surface area contributed by atoms with Crippen molar-refractivity contribution in [3.63, 3.8) is 0 Å². The number of nitrogens with zero attached hydrogens (tertiary/aromatic N) is 1. The molecule has 0 radical (unpaired) electrons. The highest BCUT2D eigenvalue weighted by Gasteiger charge is 2.36. The Labute approximate surface area is 234 Å². The molecule has 40 heavy (non-hydrogen) atoms. The van der Waals surface area contributed by atoms with Crippen LogP contribution in [-0.4, -0.2) is 48.0 Å². The maximum absolute atomic E-state index is 13.3. The number of carbonyl (C=O) groups excluding carboxylic acids is 3. The fraction of sp³-hybridized carbons (Fsp3) is 0.375. The van der Waals surface area contributed by atoms with Gasteiger partial charge in [0.15, 0.2) is 0 Å². The van der Waals surface area contributed by atoms with Crippen molar-refractivity contribution in [1.82, 2.24) is 10.3 Å². The minimum absolute atomic E-state index is 0.258. The van der Waals surface area contributed by atoms with Gasteiger partial charge in [0.25, 0.3) is 0 Å². The molecular weight excluding hydrogens is 508 g/mol. The molecule has 0 bridgehead atoms. The zero-order valence-electron chi connectivity index (χ0n) is 23.6. The molecule has 1 N–H and O–H groups in total. The van der Waals surface area contributed by atoms with E-state index in [-0.39, 0.29) is 6.42 Å². The number of pyridine rings is 1. The maximum atomic E-state index is 13.3. The normalized spacial score (nSPS) is 17.6. The molecule has 3 aromatic rings. The first-order valence-corrected chi connectivity index (χ1v) is 13.5. The van der Waals surface area contributed by atoms with Crippen LogP contribution in [0.25, 0.3) is 22.2 Å². The van der Waals surface area contributed by atoms with Gasteiger partial charge in [0.05, 0.1) is 24.2 Å². The van der Waals surface area contributed by atoms with Gasteiger partial charge in [0.2, 0.25) is 5.91 Å². The van der Waals surface area contributed by atoms with Crippen molar-refractivity contribution in [3.8, 4) is 22.8 Å². The van der Waals surface area contributed by atoms with Gasteiger partial charge < -0.3 is 19.5 Å². The zero-order valence-corrected chi connectivity index (χ0v) is 23.6. The summed E-state index contributed by atoms with van der Waals surface area (Å²) in [6, 6.07) is 16.4. The highest BCUT2D eigenvalue weighted by atomic mass is 16.6. The highest BCUT2D eigenvalue weighted by Crippen LogP contribution is 2.35. The smallest absolute Gasteiger partial charge is 0.329 e. The Balaban J connectivity index is 1.58. The molecule has 4 rings (SSSR count). The average molecular weight is 545 g/mol. The van der Waals surface area contributed by atoms with E-state index in [1.807, 2.05) is 61.5 Å². The molecule has 210 valence electrons. The van der Waals surface area contributed by atoms with Crippen LogP contribution in [0.1, 0.15) is 47.0 Å². The second-order valence-electron chi connectivity index (χ2n) is 10.9. The Bertz CT molecular complexity index is 1410. The first-order chi connectivity index (χ1) is 19.1. The summed E-state index contributed by atoms with van der Waals surface area (Å²) in [7, 11) is 1.60. The predicted octanol–water partition coefficient (Wildman–Crippen LogP) is 5.43. The molecule has 8 heteroatoms. The average Bonchev–Trinajstić information content (AvgIpc) is 3.34.